The van der Waals surface area contributed by atoms with E-state index in [1.165, 1.54) is 6.08 Å². The lowest BCUT2D eigenvalue weighted by Crippen LogP contribution is -2.39. The summed E-state index contributed by atoms with van der Waals surface area (Å²) in [6.07, 6.45) is 6.29. The summed E-state index contributed by atoms with van der Waals surface area (Å²) in [4.78, 5) is 22.8. The first-order valence-corrected chi connectivity index (χ1v) is 6.90. The average Bonchev–Trinajstić information content (AvgIpc) is 2.45. The molecule has 0 bridgehead atoms. The molecule has 0 fully saturated rings. The van der Waals surface area contributed by atoms with Gasteiger partial charge in [-0.15, -0.1) is 0 Å². The van der Waals surface area contributed by atoms with E-state index < -0.39 is 12.0 Å². The zero-order valence-electron chi connectivity index (χ0n) is 11.7. The maximum Gasteiger partial charge on any atom is 0.326 e. The molecule has 1 amide bonds. The summed E-state index contributed by atoms with van der Waals surface area (Å²) in [5.41, 5.74) is 0.903. The van der Waals surface area contributed by atoms with Crippen LogP contribution in [0.3, 0.4) is 0 Å². The van der Waals surface area contributed by atoms with Crippen LogP contribution < -0.4 is 5.32 Å². The monoisotopic (exact) mass is 275 g/mol. The lowest BCUT2D eigenvalue weighted by atomic mass is 10.1. The van der Waals surface area contributed by atoms with Crippen LogP contribution in [0.5, 0.6) is 0 Å². The van der Waals surface area contributed by atoms with Gasteiger partial charge in [0.05, 0.1) is 0 Å². The zero-order chi connectivity index (χ0) is 14.8. The molecule has 1 atom stereocenters. The largest absolute Gasteiger partial charge is 0.480 e. The Morgan fingerprint density at radius 2 is 1.95 bits per heavy atom. The molecule has 0 spiro atoms. The third-order valence-electron chi connectivity index (χ3n) is 2.94. The average molecular weight is 275 g/mol. The Bertz CT molecular complexity index is 454. The number of unbranched alkanes of at least 4 members (excludes halogenated alkanes) is 2. The van der Waals surface area contributed by atoms with Crippen molar-refractivity contribution in [3.05, 3.63) is 42.0 Å². The number of amides is 1. The van der Waals surface area contributed by atoms with E-state index in [9.17, 15) is 9.59 Å². The number of aliphatic carboxylic acids is 1. The maximum atomic E-state index is 11.7. The third kappa shape index (κ3) is 6.18. The van der Waals surface area contributed by atoms with Gasteiger partial charge >= 0.3 is 5.97 Å². The molecule has 4 heteroatoms. The molecule has 0 aliphatic heterocycles. The Balaban J connectivity index is 2.49. The number of carbonyl (C=O) groups excluding carboxylic acids is 1. The molecule has 20 heavy (non-hydrogen) atoms. The lowest BCUT2D eigenvalue weighted by molar-refractivity contribution is -0.141. The highest BCUT2D eigenvalue weighted by Gasteiger charge is 2.17. The predicted molar refractivity (Wildman–Crippen MR) is 79.2 cm³/mol. The number of carbonyl (C=O) groups is 2. The molecule has 1 aromatic rings. The van der Waals surface area contributed by atoms with Crippen molar-refractivity contribution < 1.29 is 14.7 Å². The van der Waals surface area contributed by atoms with Crippen molar-refractivity contribution in [2.45, 2.75) is 38.6 Å². The van der Waals surface area contributed by atoms with E-state index in [4.69, 9.17) is 5.11 Å². The maximum absolute atomic E-state index is 11.7. The highest BCUT2D eigenvalue weighted by atomic mass is 16.4. The number of carboxylic acids is 1. The number of nitrogens with one attached hydrogen (secondary N) is 1. The quantitative estimate of drug-likeness (QED) is 0.566. The number of hydrogen-bond donors (Lipinski definition) is 2. The molecule has 0 saturated heterocycles. The molecule has 0 aromatic heterocycles. The van der Waals surface area contributed by atoms with Gasteiger partial charge in [0.15, 0.2) is 0 Å². The van der Waals surface area contributed by atoms with E-state index in [1.807, 2.05) is 30.3 Å². The first-order valence-electron chi connectivity index (χ1n) is 6.90. The molecule has 0 heterocycles. The summed E-state index contributed by atoms with van der Waals surface area (Å²) in [5, 5.41) is 11.6. The zero-order valence-corrected chi connectivity index (χ0v) is 11.7. The van der Waals surface area contributed by atoms with Crippen LogP contribution in [-0.4, -0.2) is 23.0 Å². The minimum Gasteiger partial charge on any atom is -0.480 e. The van der Waals surface area contributed by atoms with Crippen molar-refractivity contribution in [3.8, 4) is 0 Å². The fourth-order valence-electron chi connectivity index (χ4n) is 1.81. The molecular formula is C16H21NO3. The summed E-state index contributed by atoms with van der Waals surface area (Å²) < 4.78 is 0. The van der Waals surface area contributed by atoms with Crippen LogP contribution in [0.4, 0.5) is 0 Å². The predicted octanol–water partition coefficient (Wildman–Crippen LogP) is 2.85. The van der Waals surface area contributed by atoms with E-state index in [0.29, 0.717) is 6.42 Å². The van der Waals surface area contributed by atoms with E-state index in [0.717, 1.165) is 24.8 Å². The second-order valence-corrected chi connectivity index (χ2v) is 4.64. The summed E-state index contributed by atoms with van der Waals surface area (Å²) in [6, 6.07) is 8.59. The van der Waals surface area contributed by atoms with Gasteiger partial charge in [0.2, 0.25) is 5.91 Å². The van der Waals surface area contributed by atoms with Gasteiger partial charge < -0.3 is 10.4 Å². The number of carboxylic acid groups (broad SMARTS) is 1. The molecule has 1 aromatic carbocycles. The fraction of sp³-hybridized carbons (Fsp3) is 0.375. The Kier molecular flexibility index (Phi) is 7.11. The van der Waals surface area contributed by atoms with Gasteiger partial charge in [-0.25, -0.2) is 4.79 Å². The van der Waals surface area contributed by atoms with E-state index in [1.54, 1.807) is 6.08 Å². The van der Waals surface area contributed by atoms with Crippen LogP contribution in [0.25, 0.3) is 6.08 Å². The Morgan fingerprint density at radius 3 is 2.55 bits per heavy atom. The standard InChI is InChI=1S/C16H21NO3/c1-2-3-5-10-14(16(19)20)17-15(18)12-11-13-8-6-4-7-9-13/h4,6-9,11-12,14H,2-3,5,10H2,1H3,(H,17,18)(H,19,20)/b12-11+/t14-/m0/s1. The van der Waals surface area contributed by atoms with Crippen molar-refractivity contribution in [1.82, 2.24) is 5.32 Å². The Labute approximate surface area is 119 Å². The van der Waals surface area contributed by atoms with Gasteiger partial charge in [-0.05, 0) is 18.1 Å². The van der Waals surface area contributed by atoms with Crippen LogP contribution >= 0.6 is 0 Å². The highest BCUT2D eigenvalue weighted by Crippen LogP contribution is 2.05. The van der Waals surface area contributed by atoms with Gasteiger partial charge in [-0.1, -0.05) is 56.5 Å². The lowest BCUT2D eigenvalue weighted by Gasteiger charge is -2.12. The van der Waals surface area contributed by atoms with Crippen molar-refractivity contribution >= 4 is 18.0 Å². The Hall–Kier alpha value is -2.10. The van der Waals surface area contributed by atoms with E-state index in [-0.39, 0.29) is 5.91 Å². The second-order valence-electron chi connectivity index (χ2n) is 4.64. The molecule has 0 unspecified atom stereocenters. The van der Waals surface area contributed by atoms with Crippen LogP contribution in [0.1, 0.15) is 38.2 Å². The molecule has 2 N–H and O–H groups in total. The van der Waals surface area contributed by atoms with Crippen molar-refractivity contribution in [1.29, 1.82) is 0 Å². The summed E-state index contributed by atoms with van der Waals surface area (Å²) in [6.45, 7) is 2.05. The van der Waals surface area contributed by atoms with Crippen LogP contribution in [0, 0.1) is 0 Å². The second kappa shape index (κ2) is 8.91. The number of hydrogen-bond acceptors (Lipinski definition) is 2. The van der Waals surface area contributed by atoms with Crippen molar-refractivity contribution in [3.63, 3.8) is 0 Å². The first-order chi connectivity index (χ1) is 9.63. The molecule has 0 aliphatic rings. The van der Waals surface area contributed by atoms with Crippen molar-refractivity contribution in [2.24, 2.45) is 0 Å². The van der Waals surface area contributed by atoms with E-state index in [2.05, 4.69) is 12.2 Å². The molecule has 0 aliphatic carbocycles. The minimum absolute atomic E-state index is 0.377. The SMILES string of the molecule is CCCCC[C@H](NC(=O)/C=C/c1ccccc1)C(=O)O. The smallest absolute Gasteiger partial charge is 0.326 e. The minimum atomic E-state index is -0.984. The van der Waals surface area contributed by atoms with Crippen LogP contribution in [0.15, 0.2) is 36.4 Å². The van der Waals surface area contributed by atoms with Crippen molar-refractivity contribution in [2.75, 3.05) is 0 Å². The van der Waals surface area contributed by atoms with Gasteiger partial charge in [-0.2, -0.15) is 0 Å². The molecule has 0 radical (unpaired) electrons. The first kappa shape index (κ1) is 16.0. The summed E-state index contributed by atoms with van der Waals surface area (Å²) in [7, 11) is 0. The summed E-state index contributed by atoms with van der Waals surface area (Å²) in [5.74, 6) is -1.36. The Morgan fingerprint density at radius 1 is 1.25 bits per heavy atom. The molecule has 1 rings (SSSR count). The molecule has 4 nitrogen and oxygen atoms in total. The van der Waals surface area contributed by atoms with Crippen LogP contribution in [0.2, 0.25) is 0 Å². The topological polar surface area (TPSA) is 66.4 Å². The third-order valence-corrected chi connectivity index (χ3v) is 2.94. The number of benzene rings is 1. The molecular weight excluding hydrogens is 254 g/mol. The van der Waals surface area contributed by atoms with E-state index >= 15 is 0 Å². The van der Waals surface area contributed by atoms with Crippen LogP contribution in [-0.2, 0) is 9.59 Å². The molecule has 0 saturated carbocycles. The fourth-order valence-corrected chi connectivity index (χ4v) is 1.81. The summed E-state index contributed by atoms with van der Waals surface area (Å²) >= 11 is 0. The number of rotatable bonds is 8. The van der Waals surface area contributed by atoms with Gasteiger partial charge in [-0.3, -0.25) is 4.79 Å². The van der Waals surface area contributed by atoms with Gasteiger partial charge in [0.1, 0.15) is 6.04 Å². The normalized spacial score (nSPS) is 12.2. The van der Waals surface area contributed by atoms with Gasteiger partial charge in [0.25, 0.3) is 0 Å². The van der Waals surface area contributed by atoms with Gasteiger partial charge in [0, 0.05) is 6.08 Å². The molecule has 108 valence electrons. The highest BCUT2D eigenvalue weighted by molar-refractivity contribution is 5.94.